The molecule has 3 heterocycles. The summed E-state index contributed by atoms with van der Waals surface area (Å²) in [6.07, 6.45) is 2.14. The molecule has 1 aliphatic rings. The third-order valence-corrected chi connectivity index (χ3v) is 5.27. The zero-order chi connectivity index (χ0) is 22.5. The van der Waals surface area contributed by atoms with Gasteiger partial charge in [0.15, 0.2) is 5.43 Å². The van der Waals surface area contributed by atoms with Gasteiger partial charge in [0, 0.05) is 30.1 Å². The molecule has 0 atom stereocenters. The Labute approximate surface area is 183 Å². The number of nitrogens with zero attached hydrogens (tertiary/aromatic N) is 4. The van der Waals surface area contributed by atoms with E-state index in [4.69, 9.17) is 14.3 Å². The number of rotatable bonds is 3. The number of aryl methyl sites for hydroxylation is 1. The number of hydrogen-bond donors (Lipinski definition) is 1. The highest BCUT2D eigenvalue weighted by atomic mass is 16.5. The molecule has 0 spiro atoms. The van der Waals surface area contributed by atoms with Crippen LogP contribution in [0, 0.1) is 6.92 Å². The number of morpholine rings is 1. The van der Waals surface area contributed by atoms with Gasteiger partial charge in [-0.1, -0.05) is 35.0 Å². The van der Waals surface area contributed by atoms with E-state index < -0.39 is 0 Å². The maximum Gasteiger partial charge on any atom is 0.373 e. The van der Waals surface area contributed by atoms with E-state index >= 15 is 0 Å². The summed E-state index contributed by atoms with van der Waals surface area (Å²) < 4.78 is 7.18. The lowest BCUT2D eigenvalue weighted by atomic mass is 10.1. The second-order valence-corrected chi connectivity index (χ2v) is 7.31. The molecule has 9 nitrogen and oxygen atoms in total. The first-order valence-electron chi connectivity index (χ1n) is 10.1. The van der Waals surface area contributed by atoms with Gasteiger partial charge >= 0.3 is 6.15 Å². The standard InChI is InChI=1S/C22H21N5O2.CO2/c1-15-5-7-16(8-6-15)27-14-19(24-25-27)17-3-2-4-18-20(28)13-21(23-22(17)18)26-9-11-29-12-10-26;2-1-3/h2-8,13-14H,9-12H2,1H3,(H,23,28);. The van der Waals surface area contributed by atoms with Crippen molar-refractivity contribution < 1.29 is 14.3 Å². The highest BCUT2D eigenvalue weighted by Gasteiger charge is 2.16. The third-order valence-electron chi connectivity index (χ3n) is 5.27. The number of anilines is 1. The number of benzene rings is 2. The van der Waals surface area contributed by atoms with Crippen molar-refractivity contribution in [2.45, 2.75) is 6.92 Å². The number of ether oxygens (including phenoxy) is 1. The van der Waals surface area contributed by atoms with Crippen LogP contribution in [-0.4, -0.2) is 52.4 Å². The summed E-state index contributed by atoms with van der Waals surface area (Å²) in [5, 5.41) is 9.29. The second-order valence-electron chi connectivity index (χ2n) is 7.31. The second kappa shape index (κ2) is 9.38. The van der Waals surface area contributed by atoms with Crippen molar-refractivity contribution in [1.82, 2.24) is 20.0 Å². The lowest BCUT2D eigenvalue weighted by Gasteiger charge is -2.28. The molecule has 32 heavy (non-hydrogen) atoms. The third kappa shape index (κ3) is 4.34. The minimum absolute atomic E-state index is 0.00646. The Kier molecular flexibility index (Phi) is 6.21. The fourth-order valence-corrected chi connectivity index (χ4v) is 3.66. The van der Waals surface area contributed by atoms with E-state index in [9.17, 15) is 4.79 Å². The summed E-state index contributed by atoms with van der Waals surface area (Å²) >= 11 is 0. The summed E-state index contributed by atoms with van der Waals surface area (Å²) in [6, 6.07) is 15.5. The molecule has 1 N–H and O–H groups in total. The lowest BCUT2D eigenvalue weighted by Crippen LogP contribution is -2.37. The van der Waals surface area contributed by atoms with E-state index in [-0.39, 0.29) is 11.6 Å². The highest BCUT2D eigenvalue weighted by Crippen LogP contribution is 2.26. The van der Waals surface area contributed by atoms with Gasteiger partial charge in [-0.25, -0.2) is 4.68 Å². The lowest BCUT2D eigenvalue weighted by molar-refractivity contribution is -0.191. The number of nitrogens with one attached hydrogen (secondary N) is 1. The van der Waals surface area contributed by atoms with E-state index in [1.807, 2.05) is 48.7 Å². The molecule has 0 saturated carbocycles. The van der Waals surface area contributed by atoms with Gasteiger partial charge < -0.3 is 14.6 Å². The van der Waals surface area contributed by atoms with Crippen molar-refractivity contribution >= 4 is 22.9 Å². The van der Waals surface area contributed by atoms with E-state index in [1.54, 1.807) is 10.7 Å². The van der Waals surface area contributed by atoms with Crippen LogP contribution in [0.15, 0.2) is 59.5 Å². The monoisotopic (exact) mass is 431 g/mol. The van der Waals surface area contributed by atoms with Gasteiger partial charge in [0.1, 0.15) is 11.5 Å². The first kappa shape index (κ1) is 21.2. The molecule has 2 aromatic carbocycles. The van der Waals surface area contributed by atoms with Crippen molar-refractivity contribution in [3.05, 3.63) is 70.5 Å². The zero-order valence-electron chi connectivity index (χ0n) is 17.4. The Morgan fingerprint density at radius 1 is 1.06 bits per heavy atom. The van der Waals surface area contributed by atoms with Crippen molar-refractivity contribution in [1.29, 1.82) is 0 Å². The number of hydrogen-bond acceptors (Lipinski definition) is 7. The first-order valence-corrected chi connectivity index (χ1v) is 10.1. The molecule has 2 aromatic heterocycles. The number of aromatic nitrogens is 4. The van der Waals surface area contributed by atoms with Gasteiger partial charge in [-0.2, -0.15) is 9.59 Å². The number of fused-ring (bicyclic) bond motifs is 1. The molecule has 9 heteroatoms. The van der Waals surface area contributed by atoms with Crippen LogP contribution in [0.3, 0.4) is 0 Å². The number of para-hydroxylation sites is 1. The maximum absolute atomic E-state index is 12.8. The summed E-state index contributed by atoms with van der Waals surface area (Å²) in [5.74, 6) is 0.809. The number of aromatic amines is 1. The summed E-state index contributed by atoms with van der Waals surface area (Å²) in [4.78, 5) is 34.6. The summed E-state index contributed by atoms with van der Waals surface area (Å²) in [5.41, 5.74) is 4.47. The van der Waals surface area contributed by atoms with Crippen LogP contribution < -0.4 is 10.3 Å². The van der Waals surface area contributed by atoms with Crippen LogP contribution in [0.5, 0.6) is 0 Å². The van der Waals surface area contributed by atoms with Gasteiger partial charge in [0.25, 0.3) is 0 Å². The molecule has 1 saturated heterocycles. The molecule has 1 aliphatic heterocycles. The summed E-state index contributed by atoms with van der Waals surface area (Å²) in [6.45, 7) is 4.88. The normalized spacial score (nSPS) is 13.3. The average Bonchev–Trinajstić information content (AvgIpc) is 3.30. The van der Waals surface area contributed by atoms with Crippen LogP contribution in [0.2, 0.25) is 0 Å². The molecule has 0 amide bonds. The Bertz CT molecular complexity index is 1310. The van der Waals surface area contributed by atoms with Crippen LogP contribution in [0.4, 0.5) is 5.82 Å². The van der Waals surface area contributed by atoms with Gasteiger partial charge in [0.2, 0.25) is 0 Å². The van der Waals surface area contributed by atoms with Gasteiger partial charge in [0.05, 0.1) is 30.6 Å². The maximum atomic E-state index is 12.8. The Morgan fingerprint density at radius 3 is 2.50 bits per heavy atom. The minimum atomic E-state index is -0.00646. The average molecular weight is 431 g/mol. The van der Waals surface area contributed by atoms with E-state index in [0.717, 1.165) is 35.7 Å². The predicted molar refractivity (Wildman–Crippen MR) is 118 cm³/mol. The highest BCUT2D eigenvalue weighted by molar-refractivity contribution is 5.93. The van der Waals surface area contributed by atoms with Crippen molar-refractivity contribution in [2.24, 2.45) is 0 Å². The quantitative estimate of drug-likeness (QED) is 0.530. The number of carbonyl (C=O) groups excluding carboxylic acids is 2. The molecule has 162 valence electrons. The van der Waals surface area contributed by atoms with Gasteiger partial charge in [-0.15, -0.1) is 5.10 Å². The van der Waals surface area contributed by atoms with Gasteiger partial charge in [-0.3, -0.25) is 4.79 Å². The number of pyridine rings is 1. The largest absolute Gasteiger partial charge is 0.378 e. The molecule has 4 aromatic rings. The van der Waals surface area contributed by atoms with Crippen LogP contribution in [0.1, 0.15) is 5.56 Å². The van der Waals surface area contributed by atoms with Crippen LogP contribution in [-0.2, 0) is 14.3 Å². The SMILES string of the molecule is Cc1ccc(-n2cc(-c3cccc4c(=O)cc(N5CCOCC5)[nH]c34)nn2)cc1.O=C=O. The summed E-state index contributed by atoms with van der Waals surface area (Å²) in [7, 11) is 0. The molecule has 0 radical (unpaired) electrons. The first-order chi connectivity index (χ1) is 15.6. The van der Waals surface area contributed by atoms with Crippen molar-refractivity contribution in [2.75, 3.05) is 31.2 Å². The molecular weight excluding hydrogens is 410 g/mol. The Morgan fingerprint density at radius 2 is 1.78 bits per heavy atom. The van der Waals surface area contributed by atoms with Crippen molar-refractivity contribution in [3.8, 4) is 16.9 Å². The topological polar surface area (TPSA) is 110 Å². The predicted octanol–water partition coefficient (Wildman–Crippen LogP) is 2.34. The number of H-pyrrole nitrogens is 1. The van der Waals surface area contributed by atoms with E-state index in [0.29, 0.717) is 24.3 Å². The van der Waals surface area contributed by atoms with Crippen molar-refractivity contribution in [3.63, 3.8) is 0 Å². The molecule has 0 unspecified atom stereocenters. The van der Waals surface area contributed by atoms with Crippen LogP contribution in [0.25, 0.3) is 27.8 Å². The Balaban J connectivity index is 0.000000775. The Hall–Kier alpha value is -4.07. The zero-order valence-corrected chi connectivity index (χ0v) is 17.4. The molecular formula is C23H21N5O4. The molecule has 1 fully saturated rings. The molecule has 0 bridgehead atoms. The van der Waals surface area contributed by atoms with E-state index in [2.05, 4.69) is 27.1 Å². The smallest absolute Gasteiger partial charge is 0.373 e. The minimum Gasteiger partial charge on any atom is -0.378 e. The molecule has 5 rings (SSSR count). The van der Waals surface area contributed by atoms with Gasteiger partial charge in [-0.05, 0) is 25.1 Å². The fraction of sp³-hybridized carbons (Fsp3) is 0.217. The molecule has 0 aliphatic carbocycles. The van der Waals surface area contributed by atoms with E-state index in [1.165, 1.54) is 5.56 Å². The van der Waals surface area contributed by atoms with Crippen LogP contribution >= 0.6 is 0 Å². The fourth-order valence-electron chi connectivity index (χ4n) is 3.66.